The molecule has 2 unspecified atom stereocenters. The smallest absolute Gasteiger partial charge is 0.226 e. The highest BCUT2D eigenvalue weighted by molar-refractivity contribution is 6.30. The molecule has 1 aliphatic heterocycles. The number of halogens is 2. The van der Waals surface area contributed by atoms with Crippen molar-refractivity contribution in [1.29, 1.82) is 0 Å². The average molecular weight is 342 g/mol. The van der Waals surface area contributed by atoms with E-state index in [1.165, 1.54) is 0 Å². The van der Waals surface area contributed by atoms with E-state index in [0.717, 1.165) is 37.3 Å². The van der Waals surface area contributed by atoms with Crippen LogP contribution in [0.25, 0.3) is 11.5 Å². The van der Waals surface area contributed by atoms with Gasteiger partial charge in [0.1, 0.15) is 6.26 Å². The van der Waals surface area contributed by atoms with Gasteiger partial charge in [-0.1, -0.05) is 24.6 Å². The lowest BCUT2D eigenvalue weighted by Gasteiger charge is -2.34. The summed E-state index contributed by atoms with van der Waals surface area (Å²) in [7, 11) is 0. The Kier molecular flexibility index (Phi) is 5.87. The van der Waals surface area contributed by atoms with E-state index < -0.39 is 0 Å². The molecule has 0 spiro atoms. The van der Waals surface area contributed by atoms with E-state index in [9.17, 15) is 0 Å². The van der Waals surface area contributed by atoms with Gasteiger partial charge in [0.25, 0.3) is 0 Å². The summed E-state index contributed by atoms with van der Waals surface area (Å²) in [5.74, 6) is 1.15. The van der Waals surface area contributed by atoms with Crippen LogP contribution in [0.4, 0.5) is 0 Å². The molecule has 2 heterocycles. The third-order valence-electron chi connectivity index (χ3n) is 4.06. The molecule has 4 nitrogen and oxygen atoms in total. The Morgan fingerprint density at radius 2 is 2.27 bits per heavy atom. The second kappa shape index (κ2) is 7.47. The third kappa shape index (κ3) is 4.02. The Hall–Kier alpha value is -1.07. The third-order valence-corrected chi connectivity index (χ3v) is 4.30. The number of hydrogen-bond donors (Lipinski definition) is 1. The quantitative estimate of drug-likeness (QED) is 0.926. The highest BCUT2D eigenvalue weighted by Crippen LogP contribution is 2.23. The number of likely N-dealkylation sites (tertiary alicyclic amines) is 1. The van der Waals surface area contributed by atoms with Gasteiger partial charge in [0.15, 0.2) is 0 Å². The highest BCUT2D eigenvalue weighted by atomic mass is 35.5. The first-order valence-electron chi connectivity index (χ1n) is 7.30. The van der Waals surface area contributed by atoms with Crippen molar-refractivity contribution in [3.63, 3.8) is 0 Å². The minimum absolute atomic E-state index is 0. The number of benzene rings is 1. The molecular formula is C16H21Cl2N3O. The molecule has 1 fully saturated rings. The van der Waals surface area contributed by atoms with Gasteiger partial charge in [-0.25, -0.2) is 4.98 Å². The highest BCUT2D eigenvalue weighted by Gasteiger charge is 2.23. The molecule has 2 aromatic rings. The van der Waals surface area contributed by atoms with Gasteiger partial charge in [-0.05, 0) is 30.5 Å². The Morgan fingerprint density at radius 1 is 1.45 bits per heavy atom. The number of oxazole rings is 1. The molecule has 6 heteroatoms. The molecular weight excluding hydrogens is 321 g/mol. The molecule has 1 aromatic heterocycles. The van der Waals surface area contributed by atoms with Crippen molar-refractivity contribution in [2.45, 2.75) is 25.9 Å². The van der Waals surface area contributed by atoms with Crippen LogP contribution in [0.3, 0.4) is 0 Å². The van der Waals surface area contributed by atoms with Gasteiger partial charge in [0, 0.05) is 36.3 Å². The summed E-state index contributed by atoms with van der Waals surface area (Å²) >= 11 is 6.00. The van der Waals surface area contributed by atoms with Gasteiger partial charge >= 0.3 is 0 Å². The minimum atomic E-state index is 0. The molecule has 3 rings (SSSR count). The molecule has 0 amide bonds. The van der Waals surface area contributed by atoms with Gasteiger partial charge < -0.3 is 10.2 Å². The van der Waals surface area contributed by atoms with Gasteiger partial charge in [-0.3, -0.25) is 4.90 Å². The van der Waals surface area contributed by atoms with Crippen LogP contribution < -0.4 is 5.73 Å². The van der Waals surface area contributed by atoms with Crippen LogP contribution in [0.5, 0.6) is 0 Å². The molecule has 1 aliphatic rings. The zero-order valence-corrected chi connectivity index (χ0v) is 14.1. The fourth-order valence-corrected chi connectivity index (χ4v) is 2.95. The van der Waals surface area contributed by atoms with Crippen molar-refractivity contribution in [1.82, 2.24) is 9.88 Å². The van der Waals surface area contributed by atoms with E-state index in [4.69, 9.17) is 21.8 Å². The van der Waals surface area contributed by atoms with Crippen molar-refractivity contribution in [2.75, 3.05) is 13.1 Å². The molecule has 2 N–H and O–H groups in total. The number of piperidine rings is 1. The molecule has 0 saturated carbocycles. The molecule has 2 atom stereocenters. The maximum absolute atomic E-state index is 6.05. The summed E-state index contributed by atoms with van der Waals surface area (Å²) in [6.45, 7) is 5.05. The summed E-state index contributed by atoms with van der Waals surface area (Å²) in [5, 5.41) is 0.686. The van der Waals surface area contributed by atoms with Crippen molar-refractivity contribution in [3.8, 4) is 11.5 Å². The molecule has 1 saturated heterocycles. The van der Waals surface area contributed by atoms with Gasteiger partial charge in [0.2, 0.25) is 5.89 Å². The van der Waals surface area contributed by atoms with E-state index in [1.54, 1.807) is 6.26 Å². The minimum Gasteiger partial charge on any atom is -0.444 e. The SMILES string of the molecule is CC1CN(Cc2coc(-c3cccc(Cl)c3)n2)CCC1N.Cl. The molecule has 1 aromatic carbocycles. The molecule has 0 bridgehead atoms. The van der Waals surface area contributed by atoms with Crippen molar-refractivity contribution in [3.05, 3.63) is 41.2 Å². The zero-order valence-electron chi connectivity index (χ0n) is 12.5. The van der Waals surface area contributed by atoms with Gasteiger partial charge in [-0.2, -0.15) is 0 Å². The van der Waals surface area contributed by atoms with E-state index in [0.29, 0.717) is 22.9 Å². The lowest BCUT2D eigenvalue weighted by atomic mass is 9.95. The van der Waals surface area contributed by atoms with Crippen LogP contribution in [0.1, 0.15) is 19.0 Å². The predicted molar refractivity (Wildman–Crippen MR) is 91.2 cm³/mol. The monoisotopic (exact) mass is 341 g/mol. The second-order valence-corrected chi connectivity index (χ2v) is 6.26. The number of aromatic nitrogens is 1. The fourth-order valence-electron chi connectivity index (χ4n) is 2.76. The van der Waals surface area contributed by atoms with Crippen LogP contribution in [0.15, 0.2) is 34.9 Å². The maximum Gasteiger partial charge on any atom is 0.226 e. The lowest BCUT2D eigenvalue weighted by molar-refractivity contribution is 0.156. The average Bonchev–Trinajstić information content (AvgIpc) is 2.91. The zero-order chi connectivity index (χ0) is 14.8. The number of rotatable bonds is 3. The van der Waals surface area contributed by atoms with Crippen LogP contribution in [-0.4, -0.2) is 29.0 Å². The van der Waals surface area contributed by atoms with Crippen molar-refractivity contribution >= 4 is 24.0 Å². The van der Waals surface area contributed by atoms with E-state index >= 15 is 0 Å². The molecule has 0 radical (unpaired) electrons. The number of nitrogens with two attached hydrogens (primary N) is 1. The first kappa shape index (κ1) is 17.3. The molecule has 120 valence electrons. The van der Waals surface area contributed by atoms with Crippen LogP contribution in [-0.2, 0) is 6.54 Å². The van der Waals surface area contributed by atoms with E-state index in [-0.39, 0.29) is 12.4 Å². The van der Waals surface area contributed by atoms with Crippen LogP contribution in [0, 0.1) is 5.92 Å². The normalized spacial score (nSPS) is 22.3. The Balaban J connectivity index is 0.00000176. The van der Waals surface area contributed by atoms with Crippen LogP contribution >= 0.6 is 24.0 Å². The van der Waals surface area contributed by atoms with Crippen LogP contribution in [0.2, 0.25) is 5.02 Å². The topological polar surface area (TPSA) is 55.3 Å². The first-order valence-corrected chi connectivity index (χ1v) is 7.68. The second-order valence-electron chi connectivity index (χ2n) is 5.82. The summed E-state index contributed by atoms with van der Waals surface area (Å²) < 4.78 is 5.57. The van der Waals surface area contributed by atoms with Crippen molar-refractivity contribution in [2.24, 2.45) is 11.7 Å². The number of hydrogen-bond acceptors (Lipinski definition) is 4. The Bertz CT molecular complexity index is 617. The Labute approximate surface area is 142 Å². The predicted octanol–water partition coefficient (Wildman–Crippen LogP) is 3.59. The molecule has 22 heavy (non-hydrogen) atoms. The lowest BCUT2D eigenvalue weighted by Crippen LogP contribution is -2.45. The summed E-state index contributed by atoms with van der Waals surface area (Å²) in [6, 6.07) is 7.87. The number of nitrogens with zero attached hydrogens (tertiary/aromatic N) is 2. The van der Waals surface area contributed by atoms with Gasteiger partial charge in [0.05, 0.1) is 5.69 Å². The molecule has 0 aliphatic carbocycles. The summed E-state index contributed by atoms with van der Waals surface area (Å²) in [5.41, 5.74) is 7.91. The summed E-state index contributed by atoms with van der Waals surface area (Å²) in [6.07, 6.45) is 2.77. The van der Waals surface area contributed by atoms with E-state index in [1.807, 2.05) is 24.3 Å². The Morgan fingerprint density at radius 3 is 3.00 bits per heavy atom. The first-order chi connectivity index (χ1) is 10.1. The van der Waals surface area contributed by atoms with Gasteiger partial charge in [-0.15, -0.1) is 12.4 Å². The standard InChI is InChI=1S/C16H20ClN3O.ClH/c1-11-8-20(6-5-15(11)18)9-14-10-21-16(19-14)12-3-2-4-13(17)7-12;/h2-4,7,10-11,15H,5-6,8-9,18H2,1H3;1H. The summed E-state index contributed by atoms with van der Waals surface area (Å²) in [4.78, 5) is 6.94. The van der Waals surface area contributed by atoms with Crippen molar-refractivity contribution < 1.29 is 4.42 Å². The maximum atomic E-state index is 6.05. The van der Waals surface area contributed by atoms with E-state index in [2.05, 4.69) is 16.8 Å². The largest absolute Gasteiger partial charge is 0.444 e. The fraction of sp³-hybridized carbons (Fsp3) is 0.438.